The lowest BCUT2D eigenvalue weighted by molar-refractivity contribution is 0.0701. The number of hydrogen-bond acceptors (Lipinski definition) is 4. The number of carboxylic acids is 1. The van der Waals surface area contributed by atoms with Gasteiger partial charge in [-0.15, -0.1) is 11.3 Å². The van der Waals surface area contributed by atoms with Gasteiger partial charge in [-0.05, 0) is 13.3 Å². The maximum atomic E-state index is 10.8. The molecule has 0 aliphatic rings. The van der Waals surface area contributed by atoms with Crippen molar-refractivity contribution in [3.05, 3.63) is 15.6 Å². The quantitative estimate of drug-likeness (QED) is 0.835. The molecule has 0 amide bonds. The minimum Gasteiger partial charge on any atom is -0.477 e. The first-order valence-corrected chi connectivity index (χ1v) is 5.17. The van der Waals surface area contributed by atoms with Crippen LogP contribution in [-0.2, 0) is 11.2 Å². The Balaban J connectivity index is 3.06. The van der Waals surface area contributed by atoms with Crippen LogP contribution in [0, 0.1) is 0 Å². The highest BCUT2D eigenvalue weighted by Crippen LogP contribution is 2.25. The first-order chi connectivity index (χ1) is 6.60. The molecular formula is C9H13NO3S. The summed E-state index contributed by atoms with van der Waals surface area (Å²) in [6.07, 6.45) is 0.493. The van der Waals surface area contributed by atoms with E-state index in [0.717, 1.165) is 5.01 Å². The van der Waals surface area contributed by atoms with Gasteiger partial charge < -0.3 is 9.84 Å². The monoisotopic (exact) mass is 215 g/mol. The smallest absolute Gasteiger partial charge is 0.347 e. The number of nitrogens with zero attached hydrogens (tertiary/aromatic N) is 1. The van der Waals surface area contributed by atoms with Gasteiger partial charge in [-0.25, -0.2) is 9.78 Å². The summed E-state index contributed by atoms with van der Waals surface area (Å²) in [5.41, 5.74) is 0.640. The molecular weight excluding hydrogens is 202 g/mol. The molecule has 0 spiro atoms. The molecule has 0 radical (unpaired) electrons. The summed E-state index contributed by atoms with van der Waals surface area (Å²) >= 11 is 1.19. The topological polar surface area (TPSA) is 59.4 Å². The highest BCUT2D eigenvalue weighted by atomic mass is 32.1. The lowest BCUT2D eigenvalue weighted by atomic mass is 10.3. The summed E-state index contributed by atoms with van der Waals surface area (Å²) < 4.78 is 5.08. The van der Waals surface area contributed by atoms with Crippen molar-refractivity contribution in [1.29, 1.82) is 0 Å². The van der Waals surface area contributed by atoms with Crippen LogP contribution in [0.5, 0.6) is 0 Å². The number of carboxylic acid groups (broad SMARTS) is 1. The van der Waals surface area contributed by atoms with E-state index in [1.54, 1.807) is 7.11 Å². The summed E-state index contributed by atoms with van der Waals surface area (Å²) in [6, 6.07) is 0. The van der Waals surface area contributed by atoms with E-state index in [4.69, 9.17) is 9.84 Å². The second-order valence-corrected chi connectivity index (χ2v) is 3.90. The second kappa shape index (κ2) is 4.52. The third kappa shape index (κ3) is 2.10. The van der Waals surface area contributed by atoms with E-state index in [2.05, 4.69) is 4.98 Å². The van der Waals surface area contributed by atoms with Crippen LogP contribution in [0.4, 0.5) is 0 Å². The molecule has 1 aromatic heterocycles. The fourth-order valence-corrected chi connectivity index (χ4v) is 2.07. The molecule has 4 nitrogen and oxygen atoms in total. The lowest BCUT2D eigenvalue weighted by Crippen LogP contribution is -1.97. The Morgan fingerprint density at radius 2 is 2.36 bits per heavy atom. The van der Waals surface area contributed by atoms with Gasteiger partial charge in [0.2, 0.25) is 0 Å². The van der Waals surface area contributed by atoms with Crippen molar-refractivity contribution >= 4 is 17.3 Å². The van der Waals surface area contributed by atoms with E-state index in [1.165, 1.54) is 11.3 Å². The van der Waals surface area contributed by atoms with Crippen LogP contribution in [0.2, 0.25) is 0 Å². The lowest BCUT2D eigenvalue weighted by Gasteiger charge is -2.03. The number of methoxy groups -OCH3 is 1. The summed E-state index contributed by atoms with van der Waals surface area (Å²) in [4.78, 5) is 15.4. The molecule has 0 aliphatic heterocycles. The molecule has 0 saturated carbocycles. The molecule has 0 aliphatic carbocycles. The zero-order valence-corrected chi connectivity index (χ0v) is 9.22. The summed E-state index contributed by atoms with van der Waals surface area (Å²) in [5.74, 6) is -0.908. The Morgan fingerprint density at radius 3 is 2.71 bits per heavy atom. The predicted molar refractivity (Wildman–Crippen MR) is 53.9 cm³/mol. The fourth-order valence-electron chi connectivity index (χ4n) is 1.05. The van der Waals surface area contributed by atoms with Gasteiger partial charge in [-0.1, -0.05) is 6.92 Å². The van der Waals surface area contributed by atoms with Gasteiger partial charge in [-0.2, -0.15) is 0 Å². The Hall–Kier alpha value is -0.940. The van der Waals surface area contributed by atoms with E-state index in [0.29, 0.717) is 17.0 Å². The first-order valence-electron chi connectivity index (χ1n) is 4.35. The fraction of sp³-hybridized carbons (Fsp3) is 0.556. The van der Waals surface area contributed by atoms with Crippen molar-refractivity contribution < 1.29 is 14.6 Å². The Kier molecular flexibility index (Phi) is 3.60. The molecule has 1 rings (SSSR count). The largest absolute Gasteiger partial charge is 0.477 e. The van der Waals surface area contributed by atoms with Crippen molar-refractivity contribution in [3.63, 3.8) is 0 Å². The number of rotatable bonds is 4. The predicted octanol–water partition coefficient (Wildman–Crippen LogP) is 2.11. The van der Waals surface area contributed by atoms with E-state index in [1.807, 2.05) is 13.8 Å². The zero-order valence-electron chi connectivity index (χ0n) is 8.40. The summed E-state index contributed by atoms with van der Waals surface area (Å²) in [6.45, 7) is 3.74. The molecule has 78 valence electrons. The standard InChI is InChI=1S/C9H13NO3S/c1-4-6-7(9(11)12)14-8(10-6)5(2)13-3/h5H,4H2,1-3H3,(H,11,12). The Labute approximate surface area is 86.6 Å². The van der Waals surface area contributed by atoms with Gasteiger partial charge in [-0.3, -0.25) is 0 Å². The average Bonchev–Trinajstić information content (AvgIpc) is 2.60. The highest BCUT2D eigenvalue weighted by Gasteiger charge is 2.18. The second-order valence-electron chi connectivity index (χ2n) is 2.86. The van der Waals surface area contributed by atoms with Crippen LogP contribution in [0.1, 0.15) is 40.3 Å². The SMILES string of the molecule is CCc1nc(C(C)OC)sc1C(=O)O. The minimum atomic E-state index is -0.908. The van der Waals surface area contributed by atoms with Crippen LogP contribution in [0.25, 0.3) is 0 Å². The molecule has 14 heavy (non-hydrogen) atoms. The average molecular weight is 215 g/mol. The van der Waals surface area contributed by atoms with Crippen LogP contribution >= 0.6 is 11.3 Å². The maximum absolute atomic E-state index is 10.8. The number of ether oxygens (including phenoxy) is 1. The van der Waals surface area contributed by atoms with Crippen LogP contribution < -0.4 is 0 Å². The molecule has 0 aromatic carbocycles. The molecule has 1 unspecified atom stereocenters. The first kappa shape index (κ1) is 11.1. The van der Waals surface area contributed by atoms with Crippen molar-refractivity contribution in [3.8, 4) is 0 Å². The van der Waals surface area contributed by atoms with Crippen LogP contribution in [0.15, 0.2) is 0 Å². The van der Waals surface area contributed by atoms with Gasteiger partial charge >= 0.3 is 5.97 Å². The molecule has 1 heterocycles. The zero-order chi connectivity index (χ0) is 10.7. The molecule has 1 aromatic rings. The van der Waals surface area contributed by atoms with Gasteiger partial charge in [0.05, 0.1) is 5.69 Å². The van der Waals surface area contributed by atoms with E-state index >= 15 is 0 Å². The van der Waals surface area contributed by atoms with Crippen molar-refractivity contribution in [1.82, 2.24) is 4.98 Å². The summed E-state index contributed by atoms with van der Waals surface area (Å²) in [5, 5.41) is 9.62. The van der Waals surface area contributed by atoms with E-state index < -0.39 is 5.97 Å². The third-order valence-electron chi connectivity index (χ3n) is 1.94. The van der Waals surface area contributed by atoms with Crippen molar-refractivity contribution in [2.45, 2.75) is 26.4 Å². The van der Waals surface area contributed by atoms with E-state index in [-0.39, 0.29) is 6.10 Å². The number of aromatic carboxylic acids is 1. The minimum absolute atomic E-state index is 0.140. The number of aryl methyl sites for hydroxylation is 1. The number of hydrogen-bond donors (Lipinski definition) is 1. The van der Waals surface area contributed by atoms with Gasteiger partial charge in [0, 0.05) is 7.11 Å². The molecule has 0 saturated heterocycles. The molecule has 5 heteroatoms. The normalized spacial score (nSPS) is 12.8. The Morgan fingerprint density at radius 1 is 1.71 bits per heavy atom. The highest BCUT2D eigenvalue weighted by molar-refractivity contribution is 7.13. The number of carbonyl (C=O) groups is 1. The van der Waals surface area contributed by atoms with Crippen LogP contribution in [0.3, 0.4) is 0 Å². The maximum Gasteiger partial charge on any atom is 0.347 e. The van der Waals surface area contributed by atoms with Gasteiger partial charge in [0.1, 0.15) is 16.0 Å². The molecule has 1 N–H and O–H groups in total. The summed E-state index contributed by atoms with van der Waals surface area (Å²) in [7, 11) is 1.58. The van der Waals surface area contributed by atoms with Gasteiger partial charge in [0.15, 0.2) is 0 Å². The molecule has 1 atom stereocenters. The Bertz CT molecular complexity index is 335. The van der Waals surface area contributed by atoms with Crippen molar-refractivity contribution in [2.24, 2.45) is 0 Å². The van der Waals surface area contributed by atoms with E-state index in [9.17, 15) is 4.79 Å². The number of thiazole rings is 1. The molecule has 0 bridgehead atoms. The molecule has 0 fully saturated rings. The van der Waals surface area contributed by atoms with Crippen LogP contribution in [-0.4, -0.2) is 23.2 Å². The van der Waals surface area contributed by atoms with Crippen molar-refractivity contribution in [2.75, 3.05) is 7.11 Å². The third-order valence-corrected chi connectivity index (χ3v) is 3.19. The number of aromatic nitrogens is 1. The van der Waals surface area contributed by atoms with Gasteiger partial charge in [0.25, 0.3) is 0 Å².